The van der Waals surface area contributed by atoms with Crippen molar-refractivity contribution in [3.05, 3.63) is 48.0 Å². The Balaban J connectivity index is 1.59. The number of amides is 2. The van der Waals surface area contributed by atoms with Crippen LogP contribution in [0.5, 0.6) is 0 Å². The number of nitrogens with one attached hydrogen (secondary N) is 2. The minimum Gasteiger partial charge on any atom is -0.345 e. The van der Waals surface area contributed by atoms with Crippen LogP contribution in [0.3, 0.4) is 0 Å². The van der Waals surface area contributed by atoms with Crippen molar-refractivity contribution in [1.29, 1.82) is 0 Å². The molecule has 1 saturated heterocycles. The van der Waals surface area contributed by atoms with Gasteiger partial charge in [0, 0.05) is 25.4 Å². The van der Waals surface area contributed by atoms with Crippen LogP contribution < -0.4 is 10.7 Å². The van der Waals surface area contributed by atoms with Gasteiger partial charge in [-0.2, -0.15) is 0 Å². The van der Waals surface area contributed by atoms with Crippen LogP contribution in [0.25, 0.3) is 0 Å². The number of benzene rings is 1. The van der Waals surface area contributed by atoms with Crippen molar-refractivity contribution >= 4 is 11.8 Å². The van der Waals surface area contributed by atoms with Crippen molar-refractivity contribution in [2.24, 2.45) is 0 Å². The molecule has 0 aromatic heterocycles. The van der Waals surface area contributed by atoms with Crippen LogP contribution in [0, 0.1) is 18.2 Å². The molecule has 6 nitrogen and oxygen atoms in total. The van der Waals surface area contributed by atoms with Gasteiger partial charge in [-0.25, -0.2) is 9.82 Å². The van der Waals surface area contributed by atoms with Crippen molar-refractivity contribution in [3.63, 3.8) is 0 Å². The Morgan fingerprint density at radius 1 is 1.36 bits per heavy atom. The largest absolute Gasteiger partial charge is 0.345 e. The zero-order valence-corrected chi connectivity index (χ0v) is 13.6. The average Bonchev–Trinajstić information content (AvgIpc) is 3.05. The summed E-state index contributed by atoms with van der Waals surface area (Å²) in [6.45, 7) is 0.486. The minimum absolute atomic E-state index is 0.0573. The molecular formula is C18H19FN4O2. The summed E-state index contributed by atoms with van der Waals surface area (Å²) in [6.07, 6.45) is 9.31. The van der Waals surface area contributed by atoms with Crippen LogP contribution in [-0.2, 0) is 9.59 Å². The maximum absolute atomic E-state index is 13.1. The molecule has 2 aliphatic rings. The number of hydrogen-bond acceptors (Lipinski definition) is 4. The number of carbonyl (C=O) groups excluding carboxylic acids is 2. The number of terminal acetylenes is 1. The van der Waals surface area contributed by atoms with Gasteiger partial charge in [-0.3, -0.25) is 9.59 Å². The SMILES string of the molecule is C#CCNC(=O)CCN1C=CN2NC(c3ccc(F)cc3)CC2C1=O. The normalized spacial score (nSPS) is 21.8. The fourth-order valence-electron chi connectivity index (χ4n) is 2.99. The highest BCUT2D eigenvalue weighted by Gasteiger charge is 2.39. The van der Waals surface area contributed by atoms with Crippen LogP contribution in [0.1, 0.15) is 24.4 Å². The number of fused-ring (bicyclic) bond motifs is 1. The van der Waals surface area contributed by atoms with E-state index in [-0.39, 0.29) is 42.7 Å². The molecule has 0 spiro atoms. The van der Waals surface area contributed by atoms with Crippen molar-refractivity contribution in [2.45, 2.75) is 24.9 Å². The lowest BCUT2D eigenvalue weighted by Crippen LogP contribution is -2.48. The van der Waals surface area contributed by atoms with E-state index in [1.54, 1.807) is 34.4 Å². The summed E-state index contributed by atoms with van der Waals surface area (Å²) < 4.78 is 13.1. The van der Waals surface area contributed by atoms with E-state index in [2.05, 4.69) is 16.7 Å². The molecule has 7 heteroatoms. The molecule has 2 atom stereocenters. The zero-order valence-electron chi connectivity index (χ0n) is 13.6. The number of hydrazine groups is 1. The monoisotopic (exact) mass is 342 g/mol. The second-order valence-electron chi connectivity index (χ2n) is 5.95. The molecule has 0 aliphatic carbocycles. The van der Waals surface area contributed by atoms with Gasteiger partial charge in [-0.15, -0.1) is 6.42 Å². The van der Waals surface area contributed by atoms with E-state index in [0.29, 0.717) is 13.0 Å². The molecule has 1 fully saturated rings. The minimum atomic E-state index is -0.339. The molecule has 25 heavy (non-hydrogen) atoms. The summed E-state index contributed by atoms with van der Waals surface area (Å²) in [4.78, 5) is 25.8. The fraction of sp³-hybridized carbons (Fsp3) is 0.333. The molecule has 2 N–H and O–H groups in total. The van der Waals surface area contributed by atoms with Gasteiger partial charge in [-0.1, -0.05) is 18.1 Å². The van der Waals surface area contributed by atoms with Crippen molar-refractivity contribution in [3.8, 4) is 12.3 Å². The summed E-state index contributed by atoms with van der Waals surface area (Å²) in [5, 5.41) is 4.34. The second-order valence-corrected chi connectivity index (χ2v) is 5.95. The van der Waals surface area contributed by atoms with Gasteiger partial charge >= 0.3 is 0 Å². The molecule has 1 aromatic rings. The lowest BCUT2D eigenvalue weighted by molar-refractivity contribution is -0.134. The summed E-state index contributed by atoms with van der Waals surface area (Å²) in [7, 11) is 0. The van der Waals surface area contributed by atoms with Gasteiger partial charge in [0.25, 0.3) is 5.91 Å². The average molecular weight is 342 g/mol. The smallest absolute Gasteiger partial charge is 0.250 e. The van der Waals surface area contributed by atoms with Gasteiger partial charge in [0.15, 0.2) is 0 Å². The first kappa shape index (κ1) is 17.0. The van der Waals surface area contributed by atoms with Gasteiger partial charge < -0.3 is 15.2 Å². The lowest BCUT2D eigenvalue weighted by Gasteiger charge is -2.31. The molecule has 2 unspecified atom stereocenters. The highest BCUT2D eigenvalue weighted by Crippen LogP contribution is 2.30. The predicted octanol–water partition coefficient (Wildman–Crippen LogP) is 0.899. The lowest BCUT2D eigenvalue weighted by atomic mass is 10.0. The summed E-state index contributed by atoms with van der Waals surface area (Å²) >= 11 is 0. The van der Waals surface area contributed by atoms with E-state index in [0.717, 1.165) is 5.56 Å². The number of nitrogens with zero attached hydrogens (tertiary/aromatic N) is 2. The first-order valence-electron chi connectivity index (χ1n) is 8.07. The Hall–Kier alpha value is -2.85. The first-order valence-corrected chi connectivity index (χ1v) is 8.07. The second kappa shape index (κ2) is 7.36. The molecule has 0 radical (unpaired) electrons. The van der Waals surface area contributed by atoms with E-state index >= 15 is 0 Å². The van der Waals surface area contributed by atoms with Gasteiger partial charge in [0.05, 0.1) is 12.6 Å². The topological polar surface area (TPSA) is 64.7 Å². The quantitative estimate of drug-likeness (QED) is 0.781. The third kappa shape index (κ3) is 3.80. The zero-order chi connectivity index (χ0) is 17.8. The third-order valence-electron chi connectivity index (χ3n) is 4.31. The first-order chi connectivity index (χ1) is 12.1. The van der Waals surface area contributed by atoms with Crippen LogP contribution in [0.15, 0.2) is 36.7 Å². The van der Waals surface area contributed by atoms with Crippen molar-refractivity contribution in [1.82, 2.24) is 20.7 Å². The standard InChI is InChI=1S/C18H19FN4O2/c1-2-8-20-17(24)7-9-22-10-11-23-16(18(22)25)12-15(21-23)13-3-5-14(19)6-4-13/h1,3-6,10-11,15-16,21H,7-9,12H2,(H,20,24). The number of carbonyl (C=O) groups is 2. The van der Waals surface area contributed by atoms with E-state index in [1.807, 2.05) is 0 Å². The highest BCUT2D eigenvalue weighted by atomic mass is 19.1. The van der Waals surface area contributed by atoms with Crippen molar-refractivity contribution in [2.75, 3.05) is 13.1 Å². The van der Waals surface area contributed by atoms with Gasteiger partial charge in [0.1, 0.15) is 11.9 Å². The molecule has 130 valence electrons. The Morgan fingerprint density at radius 2 is 2.12 bits per heavy atom. The van der Waals surface area contributed by atoms with E-state index in [1.165, 1.54) is 12.1 Å². The predicted molar refractivity (Wildman–Crippen MR) is 89.8 cm³/mol. The molecule has 0 saturated carbocycles. The maximum Gasteiger partial charge on any atom is 0.250 e. The van der Waals surface area contributed by atoms with Gasteiger partial charge in [0.2, 0.25) is 5.91 Å². The van der Waals surface area contributed by atoms with Crippen molar-refractivity contribution < 1.29 is 14.0 Å². The Morgan fingerprint density at radius 3 is 2.84 bits per heavy atom. The van der Waals surface area contributed by atoms with E-state index < -0.39 is 0 Å². The molecule has 3 rings (SSSR count). The maximum atomic E-state index is 13.1. The molecular weight excluding hydrogens is 323 g/mol. The Kier molecular flexibility index (Phi) is 5.00. The number of hydrogen-bond donors (Lipinski definition) is 2. The number of halogens is 1. The Labute approximate surface area is 145 Å². The van der Waals surface area contributed by atoms with E-state index in [4.69, 9.17) is 6.42 Å². The van der Waals surface area contributed by atoms with Crippen LogP contribution in [0.4, 0.5) is 4.39 Å². The van der Waals surface area contributed by atoms with Gasteiger partial charge in [-0.05, 0) is 24.1 Å². The molecule has 2 amide bonds. The fourth-order valence-corrected chi connectivity index (χ4v) is 2.99. The number of rotatable bonds is 5. The summed E-state index contributed by atoms with van der Waals surface area (Å²) in [5.74, 6) is 1.80. The molecule has 2 heterocycles. The summed E-state index contributed by atoms with van der Waals surface area (Å²) in [6, 6.07) is 5.85. The highest BCUT2D eigenvalue weighted by molar-refractivity contribution is 5.85. The Bertz CT molecular complexity index is 726. The van der Waals surface area contributed by atoms with Crippen LogP contribution in [-0.4, -0.2) is 40.9 Å². The molecule has 0 bridgehead atoms. The van der Waals surface area contributed by atoms with Crippen LogP contribution >= 0.6 is 0 Å². The third-order valence-corrected chi connectivity index (χ3v) is 4.31. The molecule has 1 aromatic carbocycles. The van der Waals surface area contributed by atoms with Crippen LogP contribution in [0.2, 0.25) is 0 Å². The van der Waals surface area contributed by atoms with E-state index in [9.17, 15) is 14.0 Å². The molecule has 2 aliphatic heterocycles. The summed E-state index contributed by atoms with van der Waals surface area (Å²) in [5.41, 5.74) is 4.18.